The van der Waals surface area contributed by atoms with E-state index >= 15 is 0 Å². The first kappa shape index (κ1) is 14.3. The van der Waals surface area contributed by atoms with Gasteiger partial charge in [0.25, 0.3) is 0 Å². The van der Waals surface area contributed by atoms with E-state index in [1.54, 1.807) is 0 Å². The molecule has 0 unspecified atom stereocenters. The zero-order valence-electron chi connectivity index (χ0n) is 11.5. The topological polar surface area (TPSA) is 101 Å². The van der Waals surface area contributed by atoms with Gasteiger partial charge >= 0.3 is 5.97 Å². The van der Waals surface area contributed by atoms with Gasteiger partial charge in [0.05, 0.1) is 10.5 Å². The van der Waals surface area contributed by atoms with Crippen molar-refractivity contribution in [1.29, 1.82) is 0 Å². The molecule has 1 aromatic carbocycles. The molecule has 3 N–H and O–H groups in total. The summed E-state index contributed by atoms with van der Waals surface area (Å²) in [7, 11) is -3.82. The molecule has 1 aromatic rings. The molecule has 114 valence electrons. The molecule has 2 fully saturated rings. The van der Waals surface area contributed by atoms with Crippen molar-refractivity contribution in [1.82, 2.24) is 4.31 Å². The average molecular weight is 310 g/mol. The highest BCUT2D eigenvalue weighted by Gasteiger charge is 2.42. The zero-order valence-corrected chi connectivity index (χ0v) is 12.3. The number of hydrogen-bond donors (Lipinski definition) is 2. The molecule has 7 heteroatoms. The summed E-state index contributed by atoms with van der Waals surface area (Å²) >= 11 is 0. The number of anilines is 1. The van der Waals surface area contributed by atoms with Crippen molar-refractivity contribution >= 4 is 21.7 Å². The first-order valence-corrected chi connectivity index (χ1v) is 8.48. The Labute approximate surface area is 123 Å². The Morgan fingerprint density at radius 2 is 1.95 bits per heavy atom. The Kier molecular flexibility index (Phi) is 3.41. The minimum Gasteiger partial charge on any atom is -0.478 e. The van der Waals surface area contributed by atoms with Crippen LogP contribution in [0.25, 0.3) is 0 Å². The second-order valence-electron chi connectivity index (χ2n) is 5.81. The van der Waals surface area contributed by atoms with Crippen LogP contribution in [0.5, 0.6) is 0 Å². The van der Waals surface area contributed by atoms with Crippen molar-refractivity contribution in [3.63, 3.8) is 0 Å². The number of carboxylic acid groups (broad SMARTS) is 1. The van der Waals surface area contributed by atoms with Gasteiger partial charge < -0.3 is 10.8 Å². The number of nitrogen functional groups attached to an aromatic ring is 1. The quantitative estimate of drug-likeness (QED) is 0.776. The Morgan fingerprint density at radius 1 is 1.29 bits per heavy atom. The van der Waals surface area contributed by atoms with E-state index in [1.807, 2.05) is 0 Å². The molecule has 0 saturated heterocycles. The molecule has 2 saturated carbocycles. The largest absolute Gasteiger partial charge is 0.478 e. The molecule has 0 atom stereocenters. The van der Waals surface area contributed by atoms with Crippen LogP contribution in [0.4, 0.5) is 5.69 Å². The second-order valence-corrected chi connectivity index (χ2v) is 7.67. The fourth-order valence-electron chi connectivity index (χ4n) is 2.42. The molecule has 0 radical (unpaired) electrons. The fourth-order valence-corrected chi connectivity index (χ4v) is 4.40. The number of nitrogens with zero attached hydrogens (tertiary/aromatic N) is 1. The Bertz CT molecular complexity index is 678. The first-order chi connectivity index (χ1) is 9.89. The summed E-state index contributed by atoms with van der Waals surface area (Å²) in [4.78, 5) is 11.1. The number of carbonyl (C=O) groups is 1. The molecule has 0 heterocycles. The maximum Gasteiger partial charge on any atom is 0.337 e. The standard InChI is InChI=1S/C14H18N2O4S/c15-10-3-6-12(14(17)18)13(7-10)21(19,20)16(11-4-5-11)8-9-1-2-9/h3,6-7,9,11H,1-2,4-5,8,15H2,(H,17,18). The fraction of sp³-hybridized carbons (Fsp3) is 0.500. The summed E-state index contributed by atoms with van der Waals surface area (Å²) in [6.07, 6.45) is 3.77. The summed E-state index contributed by atoms with van der Waals surface area (Å²) in [6.45, 7) is 0.487. The predicted molar refractivity (Wildman–Crippen MR) is 77.5 cm³/mol. The van der Waals surface area contributed by atoms with Crippen LogP contribution < -0.4 is 5.73 Å². The summed E-state index contributed by atoms with van der Waals surface area (Å²) in [5.41, 5.74) is 5.69. The molecule has 0 bridgehead atoms. The van der Waals surface area contributed by atoms with E-state index < -0.39 is 16.0 Å². The van der Waals surface area contributed by atoms with E-state index in [2.05, 4.69) is 0 Å². The summed E-state index contributed by atoms with van der Waals surface area (Å²) in [6, 6.07) is 3.93. The molecule has 21 heavy (non-hydrogen) atoms. The number of nitrogens with two attached hydrogens (primary N) is 1. The first-order valence-electron chi connectivity index (χ1n) is 7.04. The number of benzene rings is 1. The molecule has 0 amide bonds. The average Bonchev–Trinajstić information content (AvgIpc) is 3.27. The van der Waals surface area contributed by atoms with Gasteiger partial charge in [-0.3, -0.25) is 0 Å². The van der Waals surface area contributed by atoms with Gasteiger partial charge in [0.2, 0.25) is 10.0 Å². The van der Waals surface area contributed by atoms with Crippen molar-refractivity contribution in [2.75, 3.05) is 12.3 Å². The monoisotopic (exact) mass is 310 g/mol. The third kappa shape index (κ3) is 2.89. The van der Waals surface area contributed by atoms with E-state index in [0.29, 0.717) is 12.5 Å². The van der Waals surface area contributed by atoms with Gasteiger partial charge in [-0.1, -0.05) is 0 Å². The van der Waals surface area contributed by atoms with Crippen molar-refractivity contribution in [2.45, 2.75) is 36.6 Å². The van der Waals surface area contributed by atoms with Gasteiger partial charge in [0.1, 0.15) is 0 Å². The molecule has 0 aliphatic heterocycles. The molecule has 3 rings (SSSR count). The summed E-state index contributed by atoms with van der Waals surface area (Å²) in [5, 5.41) is 9.23. The Morgan fingerprint density at radius 3 is 2.48 bits per heavy atom. The van der Waals surface area contributed by atoms with Gasteiger partial charge in [0, 0.05) is 18.3 Å². The third-order valence-electron chi connectivity index (χ3n) is 3.91. The van der Waals surface area contributed by atoms with Crippen LogP contribution in [0.15, 0.2) is 23.1 Å². The SMILES string of the molecule is Nc1ccc(C(=O)O)c(S(=O)(=O)N(CC2CC2)C2CC2)c1. The number of sulfonamides is 1. The molecule has 2 aliphatic rings. The molecular weight excluding hydrogens is 292 g/mol. The highest BCUT2D eigenvalue weighted by molar-refractivity contribution is 7.89. The minimum atomic E-state index is -3.82. The van der Waals surface area contributed by atoms with Crippen molar-refractivity contribution in [3.8, 4) is 0 Å². The van der Waals surface area contributed by atoms with Gasteiger partial charge in [-0.25, -0.2) is 13.2 Å². The highest BCUT2D eigenvalue weighted by Crippen LogP contribution is 2.38. The molecule has 0 aromatic heterocycles. The lowest BCUT2D eigenvalue weighted by Gasteiger charge is -2.22. The van der Waals surface area contributed by atoms with E-state index in [1.165, 1.54) is 22.5 Å². The normalized spacial score (nSPS) is 18.9. The second kappa shape index (κ2) is 4.99. The lowest BCUT2D eigenvalue weighted by Crippen LogP contribution is -2.35. The summed E-state index contributed by atoms with van der Waals surface area (Å²) in [5.74, 6) is -0.842. The molecule has 6 nitrogen and oxygen atoms in total. The zero-order chi connectivity index (χ0) is 15.2. The van der Waals surface area contributed by atoms with Crippen LogP contribution in [0.3, 0.4) is 0 Å². The highest BCUT2D eigenvalue weighted by atomic mass is 32.2. The van der Waals surface area contributed by atoms with Crippen molar-refractivity contribution in [3.05, 3.63) is 23.8 Å². The van der Waals surface area contributed by atoms with Crippen LogP contribution >= 0.6 is 0 Å². The molecule has 0 spiro atoms. The van der Waals surface area contributed by atoms with Gasteiger partial charge in [-0.2, -0.15) is 4.31 Å². The van der Waals surface area contributed by atoms with E-state index in [4.69, 9.17) is 5.73 Å². The Hall–Kier alpha value is -1.60. The lowest BCUT2D eigenvalue weighted by molar-refractivity contribution is 0.0692. The third-order valence-corrected chi connectivity index (χ3v) is 5.87. The van der Waals surface area contributed by atoms with Crippen LogP contribution in [0, 0.1) is 5.92 Å². The van der Waals surface area contributed by atoms with Crippen molar-refractivity contribution in [2.24, 2.45) is 5.92 Å². The lowest BCUT2D eigenvalue weighted by atomic mass is 10.2. The number of carboxylic acids is 1. The van der Waals surface area contributed by atoms with Crippen molar-refractivity contribution < 1.29 is 18.3 Å². The maximum absolute atomic E-state index is 12.9. The van der Waals surface area contributed by atoms with E-state index in [9.17, 15) is 18.3 Å². The van der Waals surface area contributed by atoms with E-state index in [0.717, 1.165) is 25.7 Å². The number of hydrogen-bond acceptors (Lipinski definition) is 4. The smallest absolute Gasteiger partial charge is 0.337 e. The minimum absolute atomic E-state index is 0.0127. The van der Waals surface area contributed by atoms with Gasteiger partial charge in [-0.15, -0.1) is 0 Å². The molecule has 2 aliphatic carbocycles. The van der Waals surface area contributed by atoms with Crippen LogP contribution in [-0.4, -0.2) is 36.4 Å². The number of aromatic carboxylic acids is 1. The number of rotatable bonds is 6. The Balaban J connectivity index is 2.03. The summed E-state index contributed by atoms with van der Waals surface area (Å²) < 4.78 is 27.2. The van der Waals surface area contributed by atoms with Crippen LogP contribution in [0.1, 0.15) is 36.0 Å². The van der Waals surface area contributed by atoms with Gasteiger partial charge in [-0.05, 0) is 49.8 Å². The maximum atomic E-state index is 12.9. The van der Waals surface area contributed by atoms with Gasteiger partial charge in [0.15, 0.2) is 0 Å². The predicted octanol–water partition coefficient (Wildman–Crippen LogP) is 1.53. The van der Waals surface area contributed by atoms with E-state index in [-0.39, 0.29) is 22.2 Å². The van der Waals surface area contributed by atoms with Crippen LogP contribution in [0.2, 0.25) is 0 Å². The van der Waals surface area contributed by atoms with Crippen LogP contribution in [-0.2, 0) is 10.0 Å². The molecular formula is C14H18N2O4S.